The lowest BCUT2D eigenvalue weighted by Crippen LogP contribution is -2.32. The van der Waals surface area contributed by atoms with Crippen molar-refractivity contribution in [1.82, 2.24) is 25.8 Å². The highest BCUT2D eigenvalue weighted by Gasteiger charge is 2.10. The van der Waals surface area contributed by atoms with Gasteiger partial charge in [-0.15, -0.1) is 0 Å². The lowest BCUT2D eigenvalue weighted by Gasteiger charge is -2.04. The summed E-state index contributed by atoms with van der Waals surface area (Å²) in [6.45, 7) is 4.49. The first kappa shape index (κ1) is 16.1. The second-order valence-electron chi connectivity index (χ2n) is 4.85. The topological polar surface area (TPSA) is 92.9 Å². The van der Waals surface area contributed by atoms with Crippen molar-refractivity contribution in [3.8, 4) is 11.4 Å². The Morgan fingerprint density at radius 3 is 2.82 bits per heavy atom. The summed E-state index contributed by atoms with van der Waals surface area (Å²) in [5, 5.41) is 9.98. The Morgan fingerprint density at radius 2 is 2.05 bits per heavy atom. The highest BCUT2D eigenvalue weighted by Crippen LogP contribution is 2.14. The highest BCUT2D eigenvalue weighted by atomic mass is 16.5. The van der Waals surface area contributed by atoms with Crippen LogP contribution in [0.25, 0.3) is 11.4 Å². The third-order valence-electron chi connectivity index (χ3n) is 3.02. The summed E-state index contributed by atoms with van der Waals surface area (Å²) in [6, 6.07) is 3.62. The smallest absolute Gasteiger partial charge is 0.227 e. The Labute approximate surface area is 129 Å². The van der Waals surface area contributed by atoms with Crippen molar-refractivity contribution >= 4 is 5.91 Å². The summed E-state index contributed by atoms with van der Waals surface area (Å²) >= 11 is 0. The van der Waals surface area contributed by atoms with Gasteiger partial charge < -0.3 is 15.2 Å². The van der Waals surface area contributed by atoms with Crippen LogP contribution in [0.1, 0.15) is 25.7 Å². The van der Waals surface area contributed by atoms with Gasteiger partial charge >= 0.3 is 0 Å². The molecule has 0 bridgehead atoms. The average Bonchev–Trinajstić information content (AvgIpc) is 3.02. The number of hydrogen-bond donors (Lipinski definition) is 2. The highest BCUT2D eigenvalue weighted by molar-refractivity contribution is 5.76. The molecule has 0 saturated heterocycles. The minimum atomic E-state index is -0.0121. The molecule has 2 aromatic rings. The number of amides is 1. The van der Waals surface area contributed by atoms with Crippen LogP contribution in [0.5, 0.6) is 0 Å². The first-order chi connectivity index (χ1) is 10.8. The number of pyridine rings is 1. The molecular formula is C15H21N5O2. The molecule has 0 atom stereocenters. The third kappa shape index (κ3) is 5.25. The molecule has 2 N–H and O–H groups in total. The zero-order valence-electron chi connectivity index (χ0n) is 12.7. The number of nitrogens with zero attached hydrogens (tertiary/aromatic N) is 3. The van der Waals surface area contributed by atoms with Gasteiger partial charge in [0.2, 0.25) is 17.6 Å². The van der Waals surface area contributed by atoms with Crippen molar-refractivity contribution in [3.63, 3.8) is 0 Å². The first-order valence-corrected chi connectivity index (χ1v) is 7.50. The van der Waals surface area contributed by atoms with Gasteiger partial charge in [-0.2, -0.15) is 4.98 Å². The van der Waals surface area contributed by atoms with Crippen molar-refractivity contribution in [2.45, 2.75) is 26.2 Å². The van der Waals surface area contributed by atoms with E-state index in [2.05, 4.69) is 32.7 Å². The molecule has 0 spiro atoms. The van der Waals surface area contributed by atoms with Gasteiger partial charge in [0.15, 0.2) is 0 Å². The molecular weight excluding hydrogens is 282 g/mol. The zero-order valence-corrected chi connectivity index (χ0v) is 12.7. The number of rotatable bonds is 9. The molecule has 0 aliphatic heterocycles. The fourth-order valence-electron chi connectivity index (χ4n) is 1.88. The van der Waals surface area contributed by atoms with E-state index in [4.69, 9.17) is 4.52 Å². The fourth-order valence-corrected chi connectivity index (χ4v) is 1.88. The summed E-state index contributed by atoms with van der Waals surface area (Å²) in [5.74, 6) is 0.967. The van der Waals surface area contributed by atoms with E-state index >= 15 is 0 Å². The molecule has 2 aromatic heterocycles. The van der Waals surface area contributed by atoms with E-state index in [-0.39, 0.29) is 5.91 Å². The number of carbonyl (C=O) groups is 1. The molecule has 7 heteroatoms. The molecule has 2 rings (SSSR count). The largest absolute Gasteiger partial charge is 0.355 e. The van der Waals surface area contributed by atoms with Crippen LogP contribution in [0.4, 0.5) is 0 Å². The van der Waals surface area contributed by atoms with Crippen LogP contribution in [0.2, 0.25) is 0 Å². The molecule has 0 radical (unpaired) electrons. The van der Waals surface area contributed by atoms with Crippen LogP contribution in [0.15, 0.2) is 29.0 Å². The van der Waals surface area contributed by atoms with E-state index < -0.39 is 0 Å². The molecule has 0 aromatic carbocycles. The quantitative estimate of drug-likeness (QED) is 0.676. The number of aryl methyl sites for hydroxylation is 1. The summed E-state index contributed by atoms with van der Waals surface area (Å²) in [7, 11) is 0. The van der Waals surface area contributed by atoms with Crippen LogP contribution in [0.3, 0.4) is 0 Å². The van der Waals surface area contributed by atoms with Crippen molar-refractivity contribution in [1.29, 1.82) is 0 Å². The molecule has 1 amide bonds. The first-order valence-electron chi connectivity index (χ1n) is 7.50. The predicted molar refractivity (Wildman–Crippen MR) is 82.0 cm³/mol. The normalized spacial score (nSPS) is 10.6. The molecule has 7 nitrogen and oxygen atoms in total. The van der Waals surface area contributed by atoms with Crippen LogP contribution >= 0.6 is 0 Å². The van der Waals surface area contributed by atoms with E-state index in [9.17, 15) is 4.79 Å². The van der Waals surface area contributed by atoms with E-state index in [0.717, 1.165) is 25.1 Å². The maximum Gasteiger partial charge on any atom is 0.227 e. The number of nitrogens with one attached hydrogen (secondary N) is 2. The van der Waals surface area contributed by atoms with Gasteiger partial charge in [-0.1, -0.05) is 12.1 Å². The maximum atomic E-state index is 11.7. The van der Waals surface area contributed by atoms with Gasteiger partial charge in [0.25, 0.3) is 0 Å². The van der Waals surface area contributed by atoms with Gasteiger partial charge in [-0.25, -0.2) is 0 Å². The Bertz CT molecular complexity index is 570. The Morgan fingerprint density at radius 1 is 1.23 bits per heavy atom. The fraction of sp³-hybridized carbons (Fsp3) is 0.467. The molecule has 22 heavy (non-hydrogen) atoms. The summed E-state index contributed by atoms with van der Waals surface area (Å²) < 4.78 is 5.15. The van der Waals surface area contributed by atoms with E-state index in [0.29, 0.717) is 31.1 Å². The third-order valence-corrected chi connectivity index (χ3v) is 3.02. The summed E-state index contributed by atoms with van der Waals surface area (Å²) in [4.78, 5) is 19.9. The predicted octanol–water partition coefficient (Wildman–Crippen LogP) is 1.18. The Kier molecular flexibility index (Phi) is 6.50. The van der Waals surface area contributed by atoms with Crippen LogP contribution < -0.4 is 10.6 Å². The number of aromatic nitrogens is 3. The lowest BCUT2D eigenvalue weighted by molar-refractivity contribution is -0.121. The van der Waals surface area contributed by atoms with Gasteiger partial charge in [-0.3, -0.25) is 9.78 Å². The summed E-state index contributed by atoms with van der Waals surface area (Å²) in [6.07, 6.45) is 5.21. The second-order valence-corrected chi connectivity index (χ2v) is 4.85. The van der Waals surface area contributed by atoms with E-state index in [1.165, 1.54) is 0 Å². The standard InChI is InChI=1S/C15H21N5O2/c1-2-7-16-10-11-18-13(21)3-4-14-19-15(20-22-14)12-5-8-17-9-6-12/h5-6,8-9,16H,2-4,7,10-11H2,1H3,(H,18,21). The number of carbonyl (C=O) groups excluding carboxylic acids is 1. The minimum absolute atomic E-state index is 0.0121. The molecule has 0 fully saturated rings. The monoisotopic (exact) mass is 303 g/mol. The molecule has 0 unspecified atom stereocenters. The van der Waals surface area contributed by atoms with E-state index in [1.807, 2.05) is 12.1 Å². The molecule has 0 saturated carbocycles. The van der Waals surface area contributed by atoms with Gasteiger partial charge in [0.05, 0.1) is 0 Å². The molecule has 0 aliphatic carbocycles. The SMILES string of the molecule is CCCNCCNC(=O)CCc1nc(-c2ccncc2)no1. The molecule has 2 heterocycles. The van der Waals surface area contributed by atoms with Crippen molar-refractivity contribution in [2.24, 2.45) is 0 Å². The van der Waals surface area contributed by atoms with Crippen molar-refractivity contribution < 1.29 is 9.32 Å². The van der Waals surface area contributed by atoms with Crippen molar-refractivity contribution in [3.05, 3.63) is 30.4 Å². The average molecular weight is 303 g/mol. The Hall–Kier alpha value is -2.28. The summed E-state index contributed by atoms with van der Waals surface area (Å²) in [5.41, 5.74) is 0.844. The molecule has 0 aliphatic rings. The van der Waals surface area contributed by atoms with E-state index in [1.54, 1.807) is 12.4 Å². The number of hydrogen-bond acceptors (Lipinski definition) is 6. The second kappa shape index (κ2) is 8.89. The Balaban J connectivity index is 1.71. The molecule has 118 valence electrons. The van der Waals surface area contributed by atoms with Gasteiger partial charge in [0, 0.05) is 43.9 Å². The van der Waals surface area contributed by atoms with Crippen LogP contribution in [-0.4, -0.2) is 40.7 Å². The lowest BCUT2D eigenvalue weighted by atomic mass is 10.2. The van der Waals surface area contributed by atoms with Gasteiger partial charge in [0.1, 0.15) is 0 Å². The zero-order chi connectivity index (χ0) is 15.6. The maximum absolute atomic E-state index is 11.7. The van der Waals surface area contributed by atoms with Gasteiger partial charge in [-0.05, 0) is 25.1 Å². The minimum Gasteiger partial charge on any atom is -0.355 e. The van der Waals surface area contributed by atoms with Crippen LogP contribution in [0, 0.1) is 0 Å². The van der Waals surface area contributed by atoms with Crippen LogP contribution in [-0.2, 0) is 11.2 Å². The van der Waals surface area contributed by atoms with Crippen molar-refractivity contribution in [2.75, 3.05) is 19.6 Å².